The zero-order valence-electron chi connectivity index (χ0n) is 9.61. The predicted molar refractivity (Wildman–Crippen MR) is 59.6 cm³/mol. The minimum absolute atomic E-state index is 0.213. The molecule has 1 atom stereocenters. The maximum Gasteiger partial charge on any atom is 0.370 e. The summed E-state index contributed by atoms with van der Waals surface area (Å²) in [6.07, 6.45) is 0.0941. The smallest absolute Gasteiger partial charge is 0.370 e. The molecule has 1 unspecified atom stereocenters. The zero-order valence-corrected chi connectivity index (χ0v) is 10.4. The Morgan fingerprint density at radius 2 is 1.80 bits per heavy atom. The Morgan fingerprint density at radius 1 is 1.20 bits per heavy atom. The van der Waals surface area contributed by atoms with Crippen molar-refractivity contribution in [1.82, 2.24) is 0 Å². The van der Waals surface area contributed by atoms with Gasteiger partial charge in [0.2, 0.25) is 6.29 Å². The summed E-state index contributed by atoms with van der Waals surface area (Å²) < 4.78 is 9.72. The van der Waals surface area contributed by atoms with E-state index in [2.05, 4.69) is 0 Å². The van der Waals surface area contributed by atoms with Crippen LogP contribution in [0.15, 0.2) is 0 Å². The van der Waals surface area contributed by atoms with Crippen molar-refractivity contribution < 1.29 is 19.1 Å². The first-order valence-corrected chi connectivity index (χ1v) is 5.99. The molecule has 4 nitrogen and oxygen atoms in total. The first-order chi connectivity index (χ1) is 6.97. The van der Waals surface area contributed by atoms with Crippen LogP contribution in [0.25, 0.3) is 0 Å². The minimum atomic E-state index is -0.809. The third-order valence-corrected chi connectivity index (χ3v) is 2.38. The van der Waals surface area contributed by atoms with Crippen molar-refractivity contribution in [1.29, 1.82) is 0 Å². The van der Waals surface area contributed by atoms with Gasteiger partial charge >= 0.3 is 11.3 Å². The van der Waals surface area contributed by atoms with Gasteiger partial charge in [0.25, 0.3) is 0 Å². The summed E-state index contributed by atoms with van der Waals surface area (Å²) in [4.78, 5) is 22.2. The lowest BCUT2D eigenvalue weighted by Gasteiger charge is -2.14. The van der Waals surface area contributed by atoms with Crippen LogP contribution in [0.2, 0.25) is 0 Å². The van der Waals surface area contributed by atoms with Gasteiger partial charge in [0.15, 0.2) is 0 Å². The number of hydrogen-bond donors (Lipinski definition) is 0. The predicted octanol–water partition coefficient (Wildman–Crippen LogP) is 2.81. The summed E-state index contributed by atoms with van der Waals surface area (Å²) in [6.45, 7) is 6.96. The molecule has 0 heterocycles. The van der Waals surface area contributed by atoms with E-state index in [0.717, 1.165) is 18.2 Å². The average Bonchev–Trinajstić information content (AvgIpc) is 2.14. The maximum absolute atomic E-state index is 11.1. The van der Waals surface area contributed by atoms with Gasteiger partial charge in [-0.2, -0.15) is 0 Å². The number of ether oxygens (including phenoxy) is 2. The molecular formula is C10H18O4S. The van der Waals surface area contributed by atoms with E-state index >= 15 is 0 Å². The molecular weight excluding hydrogens is 216 g/mol. The van der Waals surface area contributed by atoms with Gasteiger partial charge in [0.1, 0.15) is 0 Å². The van der Waals surface area contributed by atoms with E-state index in [9.17, 15) is 9.59 Å². The summed E-state index contributed by atoms with van der Waals surface area (Å²) in [7, 11) is 0. The molecule has 0 aliphatic heterocycles. The number of esters is 1. The van der Waals surface area contributed by atoms with Crippen LogP contribution in [0, 0.1) is 5.92 Å². The highest BCUT2D eigenvalue weighted by Gasteiger charge is 2.16. The first-order valence-electron chi connectivity index (χ1n) is 5.01. The molecule has 0 saturated carbocycles. The highest BCUT2D eigenvalue weighted by atomic mass is 32.2. The van der Waals surface area contributed by atoms with Crippen LogP contribution in [0.3, 0.4) is 0 Å². The SMILES string of the molecule is CCCSC(=O)OC(C)OC(=O)C(C)C. The van der Waals surface area contributed by atoms with Crippen molar-refractivity contribution in [3.63, 3.8) is 0 Å². The molecule has 0 aliphatic carbocycles. The van der Waals surface area contributed by atoms with Gasteiger partial charge in [-0.1, -0.05) is 20.8 Å². The quantitative estimate of drug-likeness (QED) is 0.541. The summed E-state index contributed by atoms with van der Waals surface area (Å²) in [5, 5.41) is -0.402. The highest BCUT2D eigenvalue weighted by Crippen LogP contribution is 2.10. The average molecular weight is 234 g/mol. The van der Waals surface area contributed by atoms with Crippen LogP contribution < -0.4 is 0 Å². The second-order valence-electron chi connectivity index (χ2n) is 3.38. The molecule has 0 saturated heterocycles. The van der Waals surface area contributed by atoms with Crippen molar-refractivity contribution in [2.45, 2.75) is 40.4 Å². The van der Waals surface area contributed by atoms with Gasteiger partial charge < -0.3 is 9.47 Å². The van der Waals surface area contributed by atoms with E-state index in [1.54, 1.807) is 13.8 Å². The Kier molecular flexibility index (Phi) is 7.21. The largest absolute Gasteiger partial charge is 0.425 e. The second-order valence-corrected chi connectivity index (χ2v) is 4.41. The maximum atomic E-state index is 11.1. The number of rotatable bonds is 5. The fourth-order valence-electron chi connectivity index (χ4n) is 0.679. The van der Waals surface area contributed by atoms with Gasteiger partial charge in [-0.05, 0) is 18.2 Å². The normalized spacial score (nSPS) is 12.3. The van der Waals surface area contributed by atoms with E-state index in [-0.39, 0.29) is 11.9 Å². The zero-order chi connectivity index (χ0) is 11.8. The Hall–Kier alpha value is -0.710. The Balaban J connectivity index is 3.77. The van der Waals surface area contributed by atoms with Gasteiger partial charge in [0.05, 0.1) is 5.92 Å². The van der Waals surface area contributed by atoms with Crippen LogP contribution >= 0.6 is 11.8 Å². The lowest BCUT2D eigenvalue weighted by Crippen LogP contribution is -2.22. The van der Waals surface area contributed by atoms with Gasteiger partial charge in [0, 0.05) is 12.7 Å². The van der Waals surface area contributed by atoms with Gasteiger partial charge in [-0.15, -0.1) is 0 Å². The van der Waals surface area contributed by atoms with E-state index in [4.69, 9.17) is 9.47 Å². The third kappa shape index (κ3) is 7.25. The molecule has 0 aliphatic rings. The van der Waals surface area contributed by atoms with Crippen molar-refractivity contribution in [2.75, 3.05) is 5.75 Å². The van der Waals surface area contributed by atoms with Gasteiger partial charge in [-0.25, -0.2) is 4.79 Å². The number of hydrogen-bond acceptors (Lipinski definition) is 5. The monoisotopic (exact) mass is 234 g/mol. The minimum Gasteiger partial charge on any atom is -0.425 e. The topological polar surface area (TPSA) is 52.6 Å². The summed E-state index contributed by atoms with van der Waals surface area (Å²) in [5.41, 5.74) is 0. The lowest BCUT2D eigenvalue weighted by atomic mass is 10.2. The standard InChI is InChI=1S/C10H18O4S/c1-5-6-15-10(12)14-8(4)13-9(11)7(2)3/h7-8H,5-6H2,1-4H3. The van der Waals surface area contributed by atoms with E-state index in [0.29, 0.717) is 5.75 Å². The fraction of sp³-hybridized carbons (Fsp3) is 0.800. The van der Waals surface area contributed by atoms with Crippen LogP contribution in [-0.4, -0.2) is 23.3 Å². The molecule has 0 radical (unpaired) electrons. The summed E-state index contributed by atoms with van der Waals surface area (Å²) in [6, 6.07) is 0. The van der Waals surface area contributed by atoms with Crippen molar-refractivity contribution in [2.24, 2.45) is 5.92 Å². The van der Waals surface area contributed by atoms with Gasteiger partial charge in [-0.3, -0.25) is 4.79 Å². The Morgan fingerprint density at radius 3 is 2.27 bits per heavy atom. The molecule has 0 rings (SSSR count). The van der Waals surface area contributed by atoms with Crippen molar-refractivity contribution >= 4 is 23.0 Å². The van der Waals surface area contributed by atoms with E-state index in [1.165, 1.54) is 6.92 Å². The van der Waals surface area contributed by atoms with E-state index in [1.807, 2.05) is 6.92 Å². The number of carbonyl (C=O) groups excluding carboxylic acids is 2. The summed E-state index contributed by atoms with van der Waals surface area (Å²) >= 11 is 1.09. The van der Waals surface area contributed by atoms with E-state index < -0.39 is 11.6 Å². The van der Waals surface area contributed by atoms with Crippen molar-refractivity contribution in [3.05, 3.63) is 0 Å². The third-order valence-electron chi connectivity index (χ3n) is 1.44. The molecule has 88 valence electrons. The molecule has 5 heteroatoms. The molecule has 0 N–H and O–H groups in total. The van der Waals surface area contributed by atoms with Crippen LogP contribution in [-0.2, 0) is 14.3 Å². The van der Waals surface area contributed by atoms with Crippen LogP contribution in [0.4, 0.5) is 4.79 Å². The van der Waals surface area contributed by atoms with Crippen LogP contribution in [0.1, 0.15) is 34.1 Å². The first kappa shape index (κ1) is 14.3. The number of thioether (sulfide) groups is 1. The molecule has 0 spiro atoms. The fourth-order valence-corrected chi connectivity index (χ4v) is 1.25. The Labute approximate surface area is 94.7 Å². The Bertz CT molecular complexity index is 215. The molecule has 0 amide bonds. The van der Waals surface area contributed by atoms with Crippen LogP contribution in [0.5, 0.6) is 0 Å². The molecule has 0 fully saturated rings. The molecule has 0 bridgehead atoms. The van der Waals surface area contributed by atoms with Crippen molar-refractivity contribution in [3.8, 4) is 0 Å². The molecule has 0 aromatic heterocycles. The lowest BCUT2D eigenvalue weighted by molar-refractivity contribution is -0.167. The number of carbonyl (C=O) groups is 2. The second kappa shape index (κ2) is 7.56. The molecule has 0 aromatic carbocycles. The molecule has 0 aromatic rings. The summed E-state index contributed by atoms with van der Waals surface area (Å²) in [5.74, 6) is 0.134. The molecule has 15 heavy (non-hydrogen) atoms. The highest BCUT2D eigenvalue weighted by molar-refractivity contribution is 8.13.